The van der Waals surface area contributed by atoms with Crippen LogP contribution in [0.2, 0.25) is 0 Å². The van der Waals surface area contributed by atoms with E-state index < -0.39 is 0 Å². The highest BCUT2D eigenvalue weighted by Gasteiger charge is 2.28. The van der Waals surface area contributed by atoms with Crippen LogP contribution in [-0.4, -0.2) is 48.1 Å². The molecule has 2 aliphatic rings. The van der Waals surface area contributed by atoms with Gasteiger partial charge in [0.25, 0.3) is 0 Å². The second-order valence-corrected chi connectivity index (χ2v) is 9.56. The summed E-state index contributed by atoms with van der Waals surface area (Å²) in [5.74, 6) is 2.05. The normalized spacial score (nSPS) is 18.5. The van der Waals surface area contributed by atoms with Gasteiger partial charge in [0.2, 0.25) is 0 Å². The standard InChI is InChI=1S/C20H24N4S2/c1-23-10-8-13(9-11-23)24(2)19-17-14-5-3-6-15(14)26-20(17)22-18(21-19)16-7-4-12-25-16/h4,7,12-13H,3,5-6,8-11H2,1-2H3. The van der Waals surface area contributed by atoms with Gasteiger partial charge in [-0.3, -0.25) is 0 Å². The van der Waals surface area contributed by atoms with Gasteiger partial charge in [-0.1, -0.05) is 6.07 Å². The minimum absolute atomic E-state index is 0.567. The monoisotopic (exact) mass is 384 g/mol. The summed E-state index contributed by atoms with van der Waals surface area (Å²) in [6, 6.07) is 4.78. The molecule has 0 N–H and O–H groups in total. The first-order valence-electron chi connectivity index (χ1n) is 9.48. The van der Waals surface area contributed by atoms with Crippen LogP contribution in [0.25, 0.3) is 20.9 Å². The molecule has 6 heteroatoms. The van der Waals surface area contributed by atoms with Gasteiger partial charge in [-0.25, -0.2) is 9.97 Å². The topological polar surface area (TPSA) is 32.3 Å². The third kappa shape index (κ3) is 2.75. The van der Waals surface area contributed by atoms with Gasteiger partial charge in [0.05, 0.1) is 10.3 Å². The Hall–Kier alpha value is -1.50. The summed E-state index contributed by atoms with van der Waals surface area (Å²) in [4.78, 5) is 18.8. The molecule has 0 spiro atoms. The number of nitrogens with zero attached hydrogens (tertiary/aromatic N) is 4. The van der Waals surface area contributed by atoms with Crippen molar-refractivity contribution in [1.29, 1.82) is 0 Å². The van der Waals surface area contributed by atoms with Crippen LogP contribution in [0.3, 0.4) is 0 Å². The summed E-state index contributed by atoms with van der Waals surface area (Å²) in [5.41, 5.74) is 1.53. The predicted molar refractivity (Wildman–Crippen MR) is 112 cm³/mol. The van der Waals surface area contributed by atoms with E-state index in [9.17, 15) is 0 Å². The zero-order valence-corrected chi connectivity index (χ0v) is 17.0. The summed E-state index contributed by atoms with van der Waals surface area (Å²) in [7, 11) is 4.47. The van der Waals surface area contributed by atoms with Crippen LogP contribution >= 0.6 is 22.7 Å². The molecule has 0 radical (unpaired) electrons. The Kier molecular flexibility index (Phi) is 4.22. The van der Waals surface area contributed by atoms with Crippen molar-refractivity contribution >= 4 is 38.7 Å². The van der Waals surface area contributed by atoms with E-state index in [2.05, 4.69) is 41.4 Å². The lowest BCUT2D eigenvalue weighted by Crippen LogP contribution is -2.42. The third-order valence-corrected chi connectivity index (χ3v) is 7.91. The molecule has 26 heavy (non-hydrogen) atoms. The average molecular weight is 385 g/mol. The number of fused-ring (bicyclic) bond motifs is 3. The second-order valence-electron chi connectivity index (χ2n) is 7.53. The van der Waals surface area contributed by atoms with E-state index in [4.69, 9.17) is 9.97 Å². The Bertz CT molecular complexity index is 923. The van der Waals surface area contributed by atoms with Crippen LogP contribution in [-0.2, 0) is 12.8 Å². The lowest BCUT2D eigenvalue weighted by molar-refractivity contribution is 0.252. The van der Waals surface area contributed by atoms with Crippen molar-refractivity contribution in [2.45, 2.75) is 38.1 Å². The summed E-state index contributed by atoms with van der Waals surface area (Å²) >= 11 is 3.62. The molecule has 136 valence electrons. The molecule has 0 atom stereocenters. The van der Waals surface area contributed by atoms with Gasteiger partial charge in [0.15, 0.2) is 5.82 Å². The molecule has 5 rings (SSSR count). The molecule has 3 aromatic rings. The van der Waals surface area contributed by atoms with Gasteiger partial charge in [-0.15, -0.1) is 22.7 Å². The summed E-state index contributed by atoms with van der Waals surface area (Å²) in [5, 5.41) is 3.45. The first kappa shape index (κ1) is 16.7. The molecule has 1 fully saturated rings. The van der Waals surface area contributed by atoms with Gasteiger partial charge in [-0.2, -0.15) is 0 Å². The summed E-state index contributed by atoms with van der Waals surface area (Å²) in [6.07, 6.45) is 6.09. The first-order valence-corrected chi connectivity index (χ1v) is 11.2. The molecule has 0 amide bonds. The maximum atomic E-state index is 5.11. The molecule has 0 aromatic carbocycles. The summed E-state index contributed by atoms with van der Waals surface area (Å²) in [6.45, 7) is 2.34. The van der Waals surface area contributed by atoms with Crippen LogP contribution in [0, 0.1) is 0 Å². The predicted octanol–water partition coefficient (Wildman–Crippen LogP) is 4.44. The largest absolute Gasteiger partial charge is 0.356 e. The Morgan fingerprint density at radius 2 is 2.04 bits per heavy atom. The number of hydrogen-bond acceptors (Lipinski definition) is 6. The van der Waals surface area contributed by atoms with Crippen molar-refractivity contribution in [3.8, 4) is 10.7 Å². The van der Waals surface area contributed by atoms with Crippen molar-refractivity contribution in [2.24, 2.45) is 0 Å². The van der Waals surface area contributed by atoms with E-state index in [1.807, 2.05) is 11.3 Å². The van der Waals surface area contributed by atoms with Crippen molar-refractivity contribution in [3.05, 3.63) is 28.0 Å². The van der Waals surface area contributed by atoms with Crippen LogP contribution < -0.4 is 4.90 Å². The zero-order chi connectivity index (χ0) is 17.7. The number of rotatable bonds is 3. The van der Waals surface area contributed by atoms with E-state index in [-0.39, 0.29) is 0 Å². The highest BCUT2D eigenvalue weighted by Crippen LogP contribution is 2.42. The summed E-state index contributed by atoms with van der Waals surface area (Å²) < 4.78 is 0. The fourth-order valence-electron chi connectivity index (χ4n) is 4.30. The number of aromatic nitrogens is 2. The number of likely N-dealkylation sites (tertiary alicyclic amines) is 1. The van der Waals surface area contributed by atoms with Crippen LogP contribution in [0.5, 0.6) is 0 Å². The van der Waals surface area contributed by atoms with Crippen molar-refractivity contribution < 1.29 is 0 Å². The lowest BCUT2D eigenvalue weighted by Gasteiger charge is -2.36. The minimum atomic E-state index is 0.567. The quantitative estimate of drug-likeness (QED) is 0.668. The lowest BCUT2D eigenvalue weighted by atomic mass is 10.0. The van der Waals surface area contributed by atoms with E-state index in [1.165, 1.54) is 70.7 Å². The number of aryl methyl sites for hydroxylation is 2. The second kappa shape index (κ2) is 6.59. The zero-order valence-electron chi connectivity index (χ0n) is 15.4. The number of thiophene rings is 2. The number of hydrogen-bond donors (Lipinski definition) is 0. The van der Waals surface area contributed by atoms with Crippen LogP contribution in [0.15, 0.2) is 17.5 Å². The minimum Gasteiger partial charge on any atom is -0.356 e. The number of piperidine rings is 1. The van der Waals surface area contributed by atoms with E-state index in [1.54, 1.807) is 11.3 Å². The molecule has 4 nitrogen and oxygen atoms in total. The van der Waals surface area contributed by atoms with Gasteiger partial charge >= 0.3 is 0 Å². The first-order chi connectivity index (χ1) is 12.7. The van der Waals surface area contributed by atoms with E-state index in [0.717, 1.165) is 11.6 Å². The molecular formula is C20H24N4S2. The molecule has 3 aromatic heterocycles. The fraction of sp³-hybridized carbons (Fsp3) is 0.500. The Morgan fingerprint density at radius 3 is 2.81 bits per heavy atom. The van der Waals surface area contributed by atoms with Gasteiger partial charge in [0.1, 0.15) is 10.6 Å². The molecule has 0 unspecified atom stereocenters. The van der Waals surface area contributed by atoms with E-state index >= 15 is 0 Å². The Morgan fingerprint density at radius 1 is 1.19 bits per heavy atom. The SMILES string of the molecule is CN1CCC(N(C)c2nc(-c3cccs3)nc3sc4c(c23)CCC4)CC1. The fourth-order valence-corrected chi connectivity index (χ4v) is 6.22. The Balaban J connectivity index is 1.64. The molecule has 0 saturated carbocycles. The smallest absolute Gasteiger partial charge is 0.173 e. The van der Waals surface area contributed by atoms with E-state index in [0.29, 0.717) is 6.04 Å². The van der Waals surface area contributed by atoms with Gasteiger partial charge in [0, 0.05) is 18.0 Å². The van der Waals surface area contributed by atoms with Crippen molar-refractivity contribution in [2.75, 3.05) is 32.1 Å². The Labute approximate surface area is 162 Å². The maximum absolute atomic E-state index is 5.11. The van der Waals surface area contributed by atoms with Gasteiger partial charge < -0.3 is 9.80 Å². The maximum Gasteiger partial charge on any atom is 0.173 e. The highest BCUT2D eigenvalue weighted by molar-refractivity contribution is 7.19. The van der Waals surface area contributed by atoms with Crippen LogP contribution in [0.1, 0.15) is 29.7 Å². The molecular weight excluding hydrogens is 360 g/mol. The molecule has 1 aliphatic carbocycles. The van der Waals surface area contributed by atoms with Crippen LogP contribution in [0.4, 0.5) is 5.82 Å². The van der Waals surface area contributed by atoms with Crippen molar-refractivity contribution in [3.63, 3.8) is 0 Å². The average Bonchev–Trinajstić information content (AvgIpc) is 3.37. The molecule has 1 saturated heterocycles. The molecule has 0 bridgehead atoms. The molecule has 1 aliphatic heterocycles. The third-order valence-electron chi connectivity index (χ3n) is 5.86. The highest BCUT2D eigenvalue weighted by atomic mass is 32.1. The molecule has 4 heterocycles. The van der Waals surface area contributed by atoms with Gasteiger partial charge in [-0.05, 0) is 69.3 Å². The van der Waals surface area contributed by atoms with Crippen molar-refractivity contribution in [1.82, 2.24) is 14.9 Å². The number of anilines is 1.